The molecule has 100 valence electrons. The lowest BCUT2D eigenvalue weighted by Crippen LogP contribution is -2.50. The third-order valence-corrected chi connectivity index (χ3v) is 3.27. The Morgan fingerprint density at radius 2 is 2.17 bits per heavy atom. The number of halogens is 2. The van der Waals surface area contributed by atoms with Crippen molar-refractivity contribution in [2.75, 3.05) is 24.6 Å². The molecule has 1 aromatic rings. The van der Waals surface area contributed by atoms with Crippen LogP contribution in [0.4, 0.5) is 10.1 Å². The van der Waals surface area contributed by atoms with Crippen molar-refractivity contribution in [2.24, 2.45) is 5.92 Å². The van der Waals surface area contributed by atoms with Crippen LogP contribution in [0.2, 0.25) is 0 Å². The first-order chi connectivity index (χ1) is 8.35. The maximum absolute atomic E-state index is 13.5. The summed E-state index contributed by atoms with van der Waals surface area (Å²) >= 11 is 3.31. The minimum atomic E-state index is -0.409. The zero-order chi connectivity index (χ0) is 13.3. The van der Waals surface area contributed by atoms with Crippen LogP contribution in [0.1, 0.15) is 20.8 Å². The van der Waals surface area contributed by atoms with E-state index in [-0.39, 0.29) is 5.60 Å². The zero-order valence-corrected chi connectivity index (χ0v) is 12.5. The molecule has 3 nitrogen and oxygen atoms in total. The van der Waals surface area contributed by atoms with Crippen LogP contribution in [0.3, 0.4) is 0 Å². The van der Waals surface area contributed by atoms with Crippen molar-refractivity contribution in [3.63, 3.8) is 0 Å². The summed E-state index contributed by atoms with van der Waals surface area (Å²) in [6.45, 7) is 8.50. The lowest BCUT2D eigenvalue weighted by atomic mass is 10.00. The van der Waals surface area contributed by atoms with Crippen LogP contribution in [0.25, 0.3) is 0 Å². The molecular formula is C13H18BrFN2O. The predicted octanol–water partition coefficient (Wildman–Crippen LogP) is 3.23. The Morgan fingerprint density at radius 3 is 2.78 bits per heavy atom. The molecule has 1 aliphatic heterocycles. The van der Waals surface area contributed by atoms with E-state index in [1.54, 1.807) is 6.07 Å². The van der Waals surface area contributed by atoms with Gasteiger partial charge in [-0.3, -0.25) is 0 Å². The highest BCUT2D eigenvalue weighted by Gasteiger charge is 2.30. The molecule has 1 aromatic heterocycles. The smallest absolute Gasteiger partial charge is 0.236 e. The van der Waals surface area contributed by atoms with Gasteiger partial charge in [-0.1, -0.05) is 0 Å². The number of ether oxygens (including phenoxy) is 1. The number of hydrogen-bond donors (Lipinski definition) is 0. The molecule has 2 heterocycles. The highest BCUT2D eigenvalue weighted by atomic mass is 79.9. The number of pyridine rings is 1. The fourth-order valence-electron chi connectivity index (χ4n) is 1.87. The second kappa shape index (κ2) is 5.13. The molecule has 1 saturated heterocycles. The lowest BCUT2D eigenvalue weighted by Gasteiger charge is -2.41. The molecular weight excluding hydrogens is 299 g/mol. The average molecular weight is 317 g/mol. The first kappa shape index (κ1) is 13.7. The topological polar surface area (TPSA) is 25.4 Å². The van der Waals surface area contributed by atoms with Gasteiger partial charge < -0.3 is 9.64 Å². The van der Waals surface area contributed by atoms with Crippen LogP contribution < -0.4 is 4.90 Å². The van der Waals surface area contributed by atoms with Crippen molar-refractivity contribution in [2.45, 2.75) is 26.4 Å². The molecule has 0 atom stereocenters. The standard InChI is InChI=1S/C13H18BrFN2O/c1-13(2,3)18-8-9-6-17(7-9)11-4-10(14)5-16-12(11)15/h4-5,9H,6-8H2,1-3H3. The van der Waals surface area contributed by atoms with E-state index < -0.39 is 5.95 Å². The molecule has 0 saturated carbocycles. The van der Waals surface area contributed by atoms with Gasteiger partial charge in [0.1, 0.15) is 0 Å². The quantitative estimate of drug-likeness (QED) is 0.800. The van der Waals surface area contributed by atoms with E-state index in [2.05, 4.69) is 20.9 Å². The van der Waals surface area contributed by atoms with Gasteiger partial charge in [0.15, 0.2) is 0 Å². The maximum atomic E-state index is 13.5. The summed E-state index contributed by atoms with van der Waals surface area (Å²) in [5.41, 5.74) is 0.458. The van der Waals surface area contributed by atoms with E-state index in [9.17, 15) is 4.39 Å². The van der Waals surface area contributed by atoms with E-state index in [1.807, 2.05) is 25.7 Å². The van der Waals surface area contributed by atoms with Gasteiger partial charge in [-0.05, 0) is 42.8 Å². The van der Waals surface area contributed by atoms with E-state index in [1.165, 1.54) is 6.20 Å². The van der Waals surface area contributed by atoms with Gasteiger partial charge in [0, 0.05) is 29.7 Å². The van der Waals surface area contributed by atoms with E-state index in [0.29, 0.717) is 11.6 Å². The second-order valence-corrected chi connectivity index (χ2v) is 6.57. The molecule has 0 radical (unpaired) electrons. The van der Waals surface area contributed by atoms with Crippen molar-refractivity contribution < 1.29 is 9.13 Å². The fraction of sp³-hybridized carbons (Fsp3) is 0.615. The third-order valence-electron chi connectivity index (χ3n) is 2.84. The number of rotatable bonds is 3. The summed E-state index contributed by atoms with van der Waals surface area (Å²) in [6, 6.07) is 1.77. The number of anilines is 1. The Morgan fingerprint density at radius 1 is 1.50 bits per heavy atom. The normalized spacial score (nSPS) is 16.8. The molecule has 0 spiro atoms. The zero-order valence-electron chi connectivity index (χ0n) is 10.9. The second-order valence-electron chi connectivity index (χ2n) is 5.66. The van der Waals surface area contributed by atoms with E-state index >= 15 is 0 Å². The van der Waals surface area contributed by atoms with Gasteiger partial charge in [-0.15, -0.1) is 0 Å². The first-order valence-electron chi connectivity index (χ1n) is 6.05. The van der Waals surface area contributed by atoms with Crippen LogP contribution in [0.15, 0.2) is 16.7 Å². The van der Waals surface area contributed by atoms with Crippen molar-refractivity contribution in [1.82, 2.24) is 4.98 Å². The molecule has 1 fully saturated rings. The Balaban J connectivity index is 1.87. The Labute approximate surface area is 115 Å². The lowest BCUT2D eigenvalue weighted by molar-refractivity contribution is -0.0265. The molecule has 0 aromatic carbocycles. The van der Waals surface area contributed by atoms with Crippen LogP contribution in [-0.4, -0.2) is 30.3 Å². The van der Waals surface area contributed by atoms with Crippen LogP contribution in [0, 0.1) is 11.9 Å². The minimum Gasteiger partial charge on any atom is -0.375 e. The largest absolute Gasteiger partial charge is 0.375 e. The maximum Gasteiger partial charge on any atom is 0.236 e. The van der Waals surface area contributed by atoms with Crippen LogP contribution >= 0.6 is 15.9 Å². The van der Waals surface area contributed by atoms with Crippen molar-refractivity contribution in [3.05, 3.63) is 22.7 Å². The molecule has 1 aliphatic rings. The number of hydrogen-bond acceptors (Lipinski definition) is 3. The van der Waals surface area contributed by atoms with E-state index in [4.69, 9.17) is 4.74 Å². The Bertz CT molecular complexity index is 427. The molecule has 5 heteroatoms. The van der Waals surface area contributed by atoms with Crippen molar-refractivity contribution >= 4 is 21.6 Å². The summed E-state index contributed by atoms with van der Waals surface area (Å²) in [5, 5.41) is 0. The summed E-state index contributed by atoms with van der Waals surface area (Å²) in [5.74, 6) is 0.0657. The van der Waals surface area contributed by atoms with Gasteiger partial charge in [0.25, 0.3) is 0 Å². The van der Waals surface area contributed by atoms with Crippen LogP contribution in [0.5, 0.6) is 0 Å². The van der Waals surface area contributed by atoms with Crippen molar-refractivity contribution in [3.8, 4) is 0 Å². The molecule has 0 amide bonds. The Hall–Kier alpha value is -0.680. The van der Waals surface area contributed by atoms with Gasteiger partial charge in [-0.2, -0.15) is 4.39 Å². The average Bonchev–Trinajstić information content (AvgIpc) is 2.19. The van der Waals surface area contributed by atoms with Gasteiger partial charge in [0.2, 0.25) is 5.95 Å². The summed E-state index contributed by atoms with van der Waals surface area (Å²) in [6.07, 6.45) is 1.47. The highest BCUT2D eigenvalue weighted by molar-refractivity contribution is 9.10. The minimum absolute atomic E-state index is 0.108. The molecule has 0 unspecified atom stereocenters. The molecule has 0 aliphatic carbocycles. The highest BCUT2D eigenvalue weighted by Crippen LogP contribution is 2.29. The van der Waals surface area contributed by atoms with Gasteiger partial charge in [-0.25, -0.2) is 4.98 Å². The summed E-state index contributed by atoms with van der Waals surface area (Å²) < 4.78 is 20.1. The molecule has 0 N–H and O–H groups in total. The van der Waals surface area contributed by atoms with Gasteiger partial charge in [0.05, 0.1) is 17.9 Å². The molecule has 2 rings (SSSR count). The monoisotopic (exact) mass is 316 g/mol. The molecule has 0 bridgehead atoms. The molecule has 18 heavy (non-hydrogen) atoms. The third kappa shape index (κ3) is 3.42. The Kier molecular flexibility index (Phi) is 3.92. The van der Waals surface area contributed by atoms with Crippen molar-refractivity contribution in [1.29, 1.82) is 0 Å². The first-order valence-corrected chi connectivity index (χ1v) is 6.84. The van der Waals surface area contributed by atoms with Crippen LogP contribution in [-0.2, 0) is 4.74 Å². The predicted molar refractivity (Wildman–Crippen MR) is 73.3 cm³/mol. The fourth-order valence-corrected chi connectivity index (χ4v) is 2.19. The number of nitrogens with zero attached hydrogens (tertiary/aromatic N) is 2. The van der Waals surface area contributed by atoms with Gasteiger partial charge >= 0.3 is 0 Å². The number of aromatic nitrogens is 1. The van der Waals surface area contributed by atoms with E-state index in [0.717, 1.165) is 24.2 Å². The SMILES string of the molecule is CC(C)(C)OCC1CN(c2cc(Br)cnc2F)C1. The summed E-state index contributed by atoms with van der Waals surface area (Å²) in [7, 11) is 0. The summed E-state index contributed by atoms with van der Waals surface area (Å²) in [4.78, 5) is 5.70.